The molecule has 0 aliphatic rings. The number of halogens is 1. The summed E-state index contributed by atoms with van der Waals surface area (Å²) in [5.74, 6) is 0.904. The largest absolute Gasteiger partial charge is 0.468 e. The summed E-state index contributed by atoms with van der Waals surface area (Å²) >= 11 is 5.07. The van der Waals surface area contributed by atoms with Crippen LogP contribution >= 0.6 is 27.7 Å². The number of hydrogen-bond acceptors (Lipinski definition) is 3. The summed E-state index contributed by atoms with van der Waals surface area (Å²) in [5.41, 5.74) is 0.653. The highest BCUT2D eigenvalue weighted by Gasteiger charge is 2.07. The zero-order chi connectivity index (χ0) is 11.5. The van der Waals surface area contributed by atoms with Crippen molar-refractivity contribution in [1.82, 2.24) is 0 Å². The van der Waals surface area contributed by atoms with Gasteiger partial charge in [0.25, 0.3) is 0 Å². The molecular formula is C12H8BrNOS. The smallest absolute Gasteiger partial charge is 0.114 e. The first-order valence-corrected chi connectivity index (χ1v) is 6.23. The van der Waals surface area contributed by atoms with Gasteiger partial charge in [0.2, 0.25) is 0 Å². The Labute approximate surface area is 106 Å². The molecule has 0 saturated heterocycles. The van der Waals surface area contributed by atoms with Crippen LogP contribution in [-0.4, -0.2) is 0 Å². The van der Waals surface area contributed by atoms with Crippen molar-refractivity contribution < 1.29 is 4.42 Å². The van der Waals surface area contributed by atoms with Crippen LogP contribution in [0.15, 0.2) is 49.2 Å². The van der Waals surface area contributed by atoms with Gasteiger partial charge in [-0.1, -0.05) is 11.8 Å². The van der Waals surface area contributed by atoms with Gasteiger partial charge in [-0.3, -0.25) is 0 Å². The Kier molecular flexibility index (Phi) is 3.37. The summed E-state index contributed by atoms with van der Waals surface area (Å²) in [6, 6.07) is 9.60. The Morgan fingerprint density at radius 3 is 2.69 bits per heavy atom. The lowest BCUT2D eigenvalue weighted by Crippen LogP contribution is -1.79. The van der Waals surface area contributed by atoms with Gasteiger partial charge in [0.1, 0.15) is 5.76 Å². The van der Waals surface area contributed by atoms with Gasteiger partial charge in [-0.25, -0.2) is 0 Å². The summed E-state index contributed by atoms with van der Waals surface area (Å²) < 4.78 is 6.16. The fraction of sp³-hybridized carbons (Fsp3) is 0.0833. The Morgan fingerprint density at radius 1 is 1.31 bits per heavy atom. The molecule has 0 spiro atoms. The molecule has 2 nitrogen and oxygen atoms in total. The Morgan fingerprint density at radius 2 is 2.12 bits per heavy atom. The number of hydrogen-bond donors (Lipinski definition) is 0. The van der Waals surface area contributed by atoms with E-state index in [2.05, 4.69) is 22.0 Å². The van der Waals surface area contributed by atoms with Crippen LogP contribution in [0.2, 0.25) is 0 Å². The molecule has 1 aromatic heterocycles. The van der Waals surface area contributed by atoms with Crippen LogP contribution in [0.4, 0.5) is 0 Å². The lowest BCUT2D eigenvalue weighted by molar-refractivity contribution is 0.527. The van der Waals surface area contributed by atoms with Crippen molar-refractivity contribution in [1.29, 1.82) is 5.26 Å². The van der Waals surface area contributed by atoms with E-state index in [0.29, 0.717) is 5.56 Å². The van der Waals surface area contributed by atoms with Crippen LogP contribution in [0.5, 0.6) is 0 Å². The third-order valence-corrected chi connectivity index (χ3v) is 4.23. The monoisotopic (exact) mass is 293 g/mol. The first-order chi connectivity index (χ1) is 7.70. The zero-order valence-electron chi connectivity index (χ0n) is 8.53. The molecule has 4 heteroatoms. The molecule has 2 aromatic rings. The highest BCUT2D eigenvalue weighted by atomic mass is 79.9. The Hall–Kier alpha value is -1.18. The molecule has 80 valence electrons. The Balaban J connectivity index is 2.30. The van der Waals surface area contributed by atoms with Crippen molar-refractivity contribution in [2.75, 3.05) is 0 Å². The highest BCUT2D eigenvalue weighted by molar-refractivity contribution is 9.10. The number of nitriles is 1. The van der Waals surface area contributed by atoms with E-state index < -0.39 is 0 Å². The molecule has 0 amide bonds. The molecule has 2 rings (SSSR count). The van der Waals surface area contributed by atoms with Gasteiger partial charge in [-0.2, -0.15) is 5.26 Å². The third-order valence-electron chi connectivity index (χ3n) is 2.09. The lowest BCUT2D eigenvalue weighted by Gasteiger charge is -2.03. The van der Waals surface area contributed by atoms with E-state index in [1.807, 2.05) is 31.2 Å². The van der Waals surface area contributed by atoms with Crippen LogP contribution in [0.25, 0.3) is 0 Å². The number of benzene rings is 1. The molecule has 0 unspecified atom stereocenters. The van der Waals surface area contributed by atoms with Crippen molar-refractivity contribution in [2.24, 2.45) is 0 Å². The van der Waals surface area contributed by atoms with Crippen LogP contribution in [0.1, 0.15) is 11.3 Å². The Bertz CT molecular complexity index is 556. The van der Waals surface area contributed by atoms with E-state index in [1.165, 1.54) is 0 Å². The fourth-order valence-electron chi connectivity index (χ4n) is 1.25. The van der Waals surface area contributed by atoms with Gasteiger partial charge in [-0.15, -0.1) is 0 Å². The second-order valence-corrected chi connectivity index (χ2v) is 5.14. The SMILES string of the molecule is Cc1occc1Sc1ccc(C#N)cc1Br. The maximum Gasteiger partial charge on any atom is 0.114 e. The summed E-state index contributed by atoms with van der Waals surface area (Å²) in [4.78, 5) is 2.16. The fourth-order valence-corrected chi connectivity index (χ4v) is 2.72. The first-order valence-electron chi connectivity index (χ1n) is 4.62. The molecule has 0 aliphatic carbocycles. The molecule has 0 atom stereocenters. The van der Waals surface area contributed by atoms with E-state index in [1.54, 1.807) is 18.0 Å². The standard InChI is InChI=1S/C12H8BrNOS/c1-8-11(4-5-15-8)16-12-3-2-9(7-14)6-10(12)13/h2-6H,1H3. The van der Waals surface area contributed by atoms with Crippen molar-refractivity contribution in [3.63, 3.8) is 0 Å². The molecule has 0 saturated carbocycles. The van der Waals surface area contributed by atoms with Crippen molar-refractivity contribution >= 4 is 27.7 Å². The van der Waals surface area contributed by atoms with Gasteiger partial charge < -0.3 is 4.42 Å². The van der Waals surface area contributed by atoms with Gasteiger partial charge in [0, 0.05) is 9.37 Å². The summed E-state index contributed by atoms with van der Waals surface area (Å²) in [7, 11) is 0. The molecule has 16 heavy (non-hydrogen) atoms. The lowest BCUT2D eigenvalue weighted by atomic mass is 10.2. The van der Waals surface area contributed by atoms with Crippen LogP contribution < -0.4 is 0 Å². The van der Waals surface area contributed by atoms with E-state index in [9.17, 15) is 0 Å². The number of nitrogens with zero attached hydrogens (tertiary/aromatic N) is 1. The molecule has 0 fully saturated rings. The van der Waals surface area contributed by atoms with Crippen molar-refractivity contribution in [3.05, 3.63) is 46.3 Å². The van der Waals surface area contributed by atoms with Gasteiger partial charge in [0.15, 0.2) is 0 Å². The van der Waals surface area contributed by atoms with Gasteiger partial charge in [-0.05, 0) is 47.1 Å². The number of furan rings is 1. The quantitative estimate of drug-likeness (QED) is 0.825. The van der Waals surface area contributed by atoms with Gasteiger partial charge >= 0.3 is 0 Å². The summed E-state index contributed by atoms with van der Waals surface area (Å²) in [5, 5.41) is 8.76. The van der Waals surface area contributed by atoms with Gasteiger partial charge in [0.05, 0.1) is 22.8 Å². The highest BCUT2D eigenvalue weighted by Crippen LogP contribution is 2.35. The minimum Gasteiger partial charge on any atom is -0.468 e. The van der Waals surface area contributed by atoms with E-state index in [0.717, 1.165) is 20.0 Å². The minimum absolute atomic E-state index is 0.653. The minimum atomic E-state index is 0.653. The van der Waals surface area contributed by atoms with Crippen LogP contribution in [0, 0.1) is 18.3 Å². The predicted molar refractivity (Wildman–Crippen MR) is 66.4 cm³/mol. The average molecular weight is 294 g/mol. The van der Waals surface area contributed by atoms with Crippen molar-refractivity contribution in [2.45, 2.75) is 16.7 Å². The van der Waals surface area contributed by atoms with Crippen LogP contribution in [-0.2, 0) is 0 Å². The molecule has 1 heterocycles. The van der Waals surface area contributed by atoms with E-state index in [-0.39, 0.29) is 0 Å². The summed E-state index contributed by atoms with van der Waals surface area (Å²) in [6.07, 6.45) is 1.68. The maximum atomic E-state index is 8.76. The van der Waals surface area contributed by atoms with Crippen LogP contribution in [0.3, 0.4) is 0 Å². The molecule has 0 radical (unpaired) electrons. The first kappa shape index (κ1) is 11.3. The molecule has 0 aliphatic heterocycles. The van der Waals surface area contributed by atoms with E-state index in [4.69, 9.17) is 9.68 Å². The zero-order valence-corrected chi connectivity index (χ0v) is 10.9. The molecule has 0 bridgehead atoms. The molecule has 1 aromatic carbocycles. The van der Waals surface area contributed by atoms with Crippen molar-refractivity contribution in [3.8, 4) is 6.07 Å². The number of aryl methyl sites for hydroxylation is 1. The third kappa shape index (κ3) is 2.31. The second-order valence-electron chi connectivity index (χ2n) is 3.20. The normalized spacial score (nSPS) is 10.1. The summed E-state index contributed by atoms with van der Waals surface area (Å²) in [6.45, 7) is 1.93. The molecule has 0 N–H and O–H groups in total. The topological polar surface area (TPSA) is 36.9 Å². The number of rotatable bonds is 2. The second kappa shape index (κ2) is 4.77. The molecular weight excluding hydrogens is 286 g/mol. The predicted octanol–water partition coefficient (Wildman–Crippen LogP) is 4.37. The average Bonchev–Trinajstić information content (AvgIpc) is 2.67. The van der Waals surface area contributed by atoms with E-state index >= 15 is 0 Å². The maximum absolute atomic E-state index is 8.76.